The normalized spacial score (nSPS) is 10.6. The predicted octanol–water partition coefficient (Wildman–Crippen LogP) is 4.74. The average molecular weight is 350 g/mol. The molecule has 0 fully saturated rings. The Labute approximate surface area is 153 Å². The molecule has 1 aromatic heterocycles. The monoisotopic (exact) mass is 350 g/mol. The molecular formula is C21H22N2O3. The molecule has 3 rings (SSSR count). The lowest BCUT2D eigenvalue weighted by molar-refractivity contribution is 0.101. The van der Waals surface area contributed by atoms with E-state index < -0.39 is 0 Å². The minimum absolute atomic E-state index is 0.217. The lowest BCUT2D eigenvalue weighted by Crippen LogP contribution is -2.15. The van der Waals surface area contributed by atoms with Crippen molar-refractivity contribution in [3.63, 3.8) is 0 Å². The molecule has 0 saturated carbocycles. The zero-order chi connectivity index (χ0) is 18.7. The van der Waals surface area contributed by atoms with E-state index in [9.17, 15) is 4.79 Å². The van der Waals surface area contributed by atoms with Crippen LogP contribution in [0.5, 0.6) is 5.75 Å². The average Bonchev–Trinajstić information content (AvgIpc) is 2.93. The third-order valence-corrected chi connectivity index (χ3v) is 4.05. The van der Waals surface area contributed by atoms with Gasteiger partial charge in [0.15, 0.2) is 5.69 Å². The topological polar surface area (TPSA) is 64.4 Å². The standard InChI is InChI=1S/C21H22N2O3/c1-13-6-5-7-18(11-13)25-12-19-16(4)26-23-20(19)21(24)22-17-9-14(2)8-15(3)10-17/h5-11H,12H2,1-4H3,(H,22,24). The number of hydrogen-bond donors (Lipinski definition) is 1. The van der Waals surface area contributed by atoms with Crippen LogP contribution in [-0.4, -0.2) is 11.1 Å². The zero-order valence-electron chi connectivity index (χ0n) is 15.4. The summed E-state index contributed by atoms with van der Waals surface area (Å²) in [6.45, 7) is 7.97. The van der Waals surface area contributed by atoms with Crippen molar-refractivity contribution in [2.75, 3.05) is 5.32 Å². The molecule has 1 amide bonds. The van der Waals surface area contributed by atoms with Crippen molar-refractivity contribution in [2.24, 2.45) is 0 Å². The number of amides is 1. The Balaban J connectivity index is 1.77. The van der Waals surface area contributed by atoms with Crippen LogP contribution < -0.4 is 10.1 Å². The van der Waals surface area contributed by atoms with Crippen LogP contribution >= 0.6 is 0 Å². The molecule has 1 heterocycles. The van der Waals surface area contributed by atoms with Gasteiger partial charge in [-0.15, -0.1) is 0 Å². The number of carbonyl (C=O) groups excluding carboxylic acids is 1. The van der Waals surface area contributed by atoms with Gasteiger partial charge >= 0.3 is 0 Å². The van der Waals surface area contributed by atoms with Crippen molar-refractivity contribution in [3.05, 3.63) is 76.2 Å². The molecule has 0 spiro atoms. The second-order valence-electron chi connectivity index (χ2n) is 6.50. The molecule has 0 unspecified atom stereocenters. The van der Waals surface area contributed by atoms with Gasteiger partial charge in [-0.05, 0) is 68.7 Å². The van der Waals surface area contributed by atoms with Crippen LogP contribution in [0, 0.1) is 27.7 Å². The van der Waals surface area contributed by atoms with Crippen molar-refractivity contribution in [3.8, 4) is 5.75 Å². The fraction of sp³-hybridized carbons (Fsp3) is 0.238. The molecule has 0 aliphatic heterocycles. The van der Waals surface area contributed by atoms with Gasteiger partial charge in [-0.1, -0.05) is 23.4 Å². The highest BCUT2D eigenvalue weighted by molar-refractivity contribution is 6.04. The molecule has 0 bridgehead atoms. The third-order valence-electron chi connectivity index (χ3n) is 4.05. The highest BCUT2D eigenvalue weighted by Crippen LogP contribution is 2.20. The summed E-state index contributed by atoms with van der Waals surface area (Å²) in [5, 5.41) is 6.80. The molecule has 26 heavy (non-hydrogen) atoms. The van der Waals surface area contributed by atoms with Crippen LogP contribution in [0.1, 0.15) is 38.5 Å². The van der Waals surface area contributed by atoms with Gasteiger partial charge < -0.3 is 14.6 Å². The molecule has 0 aliphatic carbocycles. The summed E-state index contributed by atoms with van der Waals surface area (Å²) in [7, 11) is 0. The molecule has 1 N–H and O–H groups in total. The maximum absolute atomic E-state index is 12.6. The molecule has 0 aliphatic rings. The van der Waals surface area contributed by atoms with E-state index >= 15 is 0 Å². The maximum Gasteiger partial charge on any atom is 0.278 e. The number of carbonyl (C=O) groups is 1. The van der Waals surface area contributed by atoms with Crippen molar-refractivity contribution < 1.29 is 14.1 Å². The Morgan fingerprint density at radius 3 is 2.46 bits per heavy atom. The molecule has 0 radical (unpaired) electrons. The third kappa shape index (κ3) is 4.11. The Bertz CT molecular complexity index is 924. The Hall–Kier alpha value is -3.08. The molecule has 0 atom stereocenters. The number of anilines is 1. The van der Waals surface area contributed by atoms with E-state index in [1.807, 2.05) is 57.2 Å². The molecule has 134 valence electrons. The van der Waals surface area contributed by atoms with Crippen LogP contribution in [0.15, 0.2) is 47.0 Å². The first-order valence-corrected chi connectivity index (χ1v) is 8.46. The molecular weight excluding hydrogens is 328 g/mol. The fourth-order valence-electron chi connectivity index (χ4n) is 2.84. The smallest absolute Gasteiger partial charge is 0.278 e. The largest absolute Gasteiger partial charge is 0.489 e. The van der Waals surface area contributed by atoms with Gasteiger partial charge in [0, 0.05) is 5.69 Å². The van der Waals surface area contributed by atoms with Crippen LogP contribution in [0.25, 0.3) is 0 Å². The Morgan fingerprint density at radius 1 is 1.04 bits per heavy atom. The second-order valence-corrected chi connectivity index (χ2v) is 6.50. The first kappa shape index (κ1) is 17.7. The summed E-state index contributed by atoms with van der Waals surface area (Å²) in [5.41, 5.74) is 4.90. The molecule has 0 saturated heterocycles. The zero-order valence-corrected chi connectivity index (χ0v) is 15.4. The van der Waals surface area contributed by atoms with Gasteiger partial charge in [-0.25, -0.2) is 0 Å². The number of nitrogens with one attached hydrogen (secondary N) is 1. The second kappa shape index (κ2) is 7.44. The lowest BCUT2D eigenvalue weighted by atomic mass is 10.1. The minimum Gasteiger partial charge on any atom is -0.489 e. The molecule has 5 heteroatoms. The van der Waals surface area contributed by atoms with Gasteiger partial charge in [0.2, 0.25) is 0 Å². The van der Waals surface area contributed by atoms with Gasteiger partial charge in [0.1, 0.15) is 18.1 Å². The van der Waals surface area contributed by atoms with Crippen LogP contribution in [-0.2, 0) is 6.61 Å². The number of aromatic nitrogens is 1. The summed E-state index contributed by atoms with van der Waals surface area (Å²) >= 11 is 0. The van der Waals surface area contributed by atoms with Gasteiger partial charge in [-0.2, -0.15) is 0 Å². The van der Waals surface area contributed by atoms with E-state index in [4.69, 9.17) is 9.26 Å². The first-order valence-electron chi connectivity index (χ1n) is 8.46. The summed E-state index contributed by atoms with van der Waals surface area (Å²) in [6, 6.07) is 13.6. The van der Waals surface area contributed by atoms with Gasteiger partial charge in [-0.3, -0.25) is 4.79 Å². The van der Waals surface area contributed by atoms with E-state index in [-0.39, 0.29) is 18.2 Å². The highest BCUT2D eigenvalue weighted by Gasteiger charge is 2.20. The number of rotatable bonds is 5. The van der Waals surface area contributed by atoms with E-state index in [2.05, 4.69) is 16.5 Å². The minimum atomic E-state index is -0.310. The Kier molecular flexibility index (Phi) is 5.07. The van der Waals surface area contributed by atoms with E-state index in [0.717, 1.165) is 28.1 Å². The number of ether oxygens (including phenoxy) is 1. The first-order chi connectivity index (χ1) is 12.4. The van der Waals surface area contributed by atoms with E-state index in [0.29, 0.717) is 11.3 Å². The molecule has 3 aromatic rings. The molecule has 5 nitrogen and oxygen atoms in total. The number of benzene rings is 2. The van der Waals surface area contributed by atoms with Gasteiger partial charge in [0.25, 0.3) is 5.91 Å². The van der Waals surface area contributed by atoms with Crippen molar-refractivity contribution in [1.29, 1.82) is 0 Å². The van der Waals surface area contributed by atoms with Crippen LogP contribution in [0.4, 0.5) is 5.69 Å². The van der Waals surface area contributed by atoms with Crippen molar-refractivity contribution >= 4 is 11.6 Å². The number of nitrogens with zero attached hydrogens (tertiary/aromatic N) is 1. The Morgan fingerprint density at radius 2 is 1.77 bits per heavy atom. The number of hydrogen-bond acceptors (Lipinski definition) is 4. The van der Waals surface area contributed by atoms with Crippen LogP contribution in [0.3, 0.4) is 0 Å². The fourth-order valence-corrected chi connectivity index (χ4v) is 2.84. The summed E-state index contributed by atoms with van der Waals surface area (Å²) < 4.78 is 11.0. The summed E-state index contributed by atoms with van der Waals surface area (Å²) in [4.78, 5) is 12.6. The quantitative estimate of drug-likeness (QED) is 0.722. The van der Waals surface area contributed by atoms with E-state index in [1.54, 1.807) is 6.92 Å². The van der Waals surface area contributed by atoms with Crippen molar-refractivity contribution in [1.82, 2.24) is 5.16 Å². The summed E-state index contributed by atoms with van der Waals surface area (Å²) in [6.07, 6.45) is 0. The SMILES string of the molecule is Cc1cc(C)cc(NC(=O)c2noc(C)c2COc2cccc(C)c2)c1. The lowest BCUT2D eigenvalue weighted by Gasteiger charge is -2.09. The predicted molar refractivity (Wildman–Crippen MR) is 101 cm³/mol. The number of aryl methyl sites for hydroxylation is 4. The van der Waals surface area contributed by atoms with Crippen molar-refractivity contribution in [2.45, 2.75) is 34.3 Å². The van der Waals surface area contributed by atoms with Crippen LogP contribution in [0.2, 0.25) is 0 Å². The van der Waals surface area contributed by atoms with E-state index in [1.165, 1.54) is 0 Å². The maximum atomic E-state index is 12.6. The highest BCUT2D eigenvalue weighted by atomic mass is 16.5. The van der Waals surface area contributed by atoms with Gasteiger partial charge in [0.05, 0.1) is 5.56 Å². The molecule has 2 aromatic carbocycles. The summed E-state index contributed by atoms with van der Waals surface area (Å²) in [5.74, 6) is 1.00.